The van der Waals surface area contributed by atoms with Crippen LogP contribution in [0.4, 0.5) is 14.6 Å². The Morgan fingerprint density at radius 3 is 2.61 bits per heavy atom. The number of fused-ring (bicyclic) bond motifs is 1. The molecule has 9 heteroatoms. The van der Waals surface area contributed by atoms with Crippen molar-refractivity contribution < 1.29 is 18.7 Å². The van der Waals surface area contributed by atoms with Gasteiger partial charge in [0, 0.05) is 36.1 Å². The largest absolute Gasteiger partial charge is 0.507 e. The van der Waals surface area contributed by atoms with Crippen molar-refractivity contribution in [1.29, 1.82) is 0 Å². The minimum atomic E-state index is -0.842. The van der Waals surface area contributed by atoms with E-state index in [4.69, 9.17) is 11.6 Å². The number of hydrogen-bond donors (Lipinski definition) is 1. The Bertz CT molecular complexity index is 1260. The molecule has 2 atom stereocenters. The molecule has 1 amide bonds. The molecular formula is C24H23ClF2N4O2. The number of piperazine rings is 1. The van der Waals surface area contributed by atoms with E-state index >= 15 is 4.39 Å². The number of aromatic nitrogens is 2. The number of phenols is 1. The van der Waals surface area contributed by atoms with Gasteiger partial charge in [0.1, 0.15) is 28.7 Å². The molecular weight excluding hydrogens is 450 g/mol. The summed E-state index contributed by atoms with van der Waals surface area (Å²) in [4.78, 5) is 24.7. The second-order valence-electron chi connectivity index (χ2n) is 8.22. The summed E-state index contributed by atoms with van der Waals surface area (Å²) >= 11 is 6.43. The van der Waals surface area contributed by atoms with Gasteiger partial charge in [-0.15, -0.1) is 0 Å². The lowest BCUT2D eigenvalue weighted by atomic mass is 10.00. The highest BCUT2D eigenvalue weighted by Gasteiger charge is 2.33. The SMILES string of the molecule is C=CC(=O)N1C[C@H](C)N(c2nc(C)nc3c(F)c(-c4c(O)cccc4F)c(Cl)cc23)C[C@H]1C. The topological polar surface area (TPSA) is 69.6 Å². The summed E-state index contributed by atoms with van der Waals surface area (Å²) in [5.74, 6) is -1.41. The lowest BCUT2D eigenvalue weighted by Crippen LogP contribution is -2.58. The van der Waals surface area contributed by atoms with E-state index in [0.29, 0.717) is 30.1 Å². The van der Waals surface area contributed by atoms with Crippen LogP contribution < -0.4 is 4.90 Å². The van der Waals surface area contributed by atoms with Crippen LogP contribution in [0, 0.1) is 18.6 Å². The van der Waals surface area contributed by atoms with Crippen LogP contribution in [-0.4, -0.2) is 51.1 Å². The van der Waals surface area contributed by atoms with Gasteiger partial charge in [-0.05, 0) is 45.0 Å². The van der Waals surface area contributed by atoms with Crippen molar-refractivity contribution in [2.75, 3.05) is 18.0 Å². The molecule has 1 N–H and O–H groups in total. The van der Waals surface area contributed by atoms with E-state index in [2.05, 4.69) is 16.5 Å². The van der Waals surface area contributed by atoms with Gasteiger partial charge in [0.05, 0.1) is 10.6 Å². The highest BCUT2D eigenvalue weighted by molar-refractivity contribution is 6.34. The Kier molecular flexibility index (Phi) is 5.97. The molecule has 2 aromatic carbocycles. The van der Waals surface area contributed by atoms with Crippen molar-refractivity contribution in [3.8, 4) is 16.9 Å². The summed E-state index contributed by atoms with van der Waals surface area (Å²) in [5, 5.41) is 10.5. The quantitative estimate of drug-likeness (QED) is 0.552. The fourth-order valence-electron chi connectivity index (χ4n) is 4.34. The standard InChI is InChI=1S/C24H23ClF2N4O2/c1-5-19(33)30-10-13(3)31(11-12(30)2)24-15-9-16(25)20(21-17(26)7-6-8-18(21)32)22(27)23(15)28-14(4)29-24/h5-9,12-13,32H,1,10-11H2,2-4H3/t12-,13+/m1/s1. The first-order valence-corrected chi connectivity index (χ1v) is 10.9. The van der Waals surface area contributed by atoms with Gasteiger partial charge < -0.3 is 14.9 Å². The normalized spacial score (nSPS) is 18.6. The number of carbonyl (C=O) groups is 1. The molecule has 1 fully saturated rings. The minimum absolute atomic E-state index is 0.0241. The summed E-state index contributed by atoms with van der Waals surface area (Å²) in [6.07, 6.45) is 1.29. The number of amides is 1. The molecule has 0 unspecified atom stereocenters. The lowest BCUT2D eigenvalue weighted by molar-refractivity contribution is -0.128. The number of phenolic OH excluding ortho intramolecular Hbond substituents is 1. The molecule has 0 radical (unpaired) electrons. The monoisotopic (exact) mass is 472 g/mol. The maximum absolute atomic E-state index is 15.8. The van der Waals surface area contributed by atoms with E-state index in [9.17, 15) is 14.3 Å². The number of aryl methyl sites for hydroxylation is 1. The van der Waals surface area contributed by atoms with E-state index in [-0.39, 0.29) is 39.7 Å². The van der Waals surface area contributed by atoms with Crippen LogP contribution in [-0.2, 0) is 4.79 Å². The van der Waals surface area contributed by atoms with Crippen LogP contribution >= 0.6 is 11.6 Å². The van der Waals surface area contributed by atoms with Crippen LogP contribution in [0.2, 0.25) is 5.02 Å². The number of anilines is 1. The molecule has 33 heavy (non-hydrogen) atoms. The molecule has 4 rings (SSSR count). The highest BCUT2D eigenvalue weighted by Crippen LogP contribution is 2.42. The molecule has 0 aliphatic carbocycles. The van der Waals surface area contributed by atoms with E-state index in [0.717, 1.165) is 6.07 Å². The van der Waals surface area contributed by atoms with Crippen LogP contribution in [0.3, 0.4) is 0 Å². The fourth-order valence-corrected chi connectivity index (χ4v) is 4.63. The zero-order chi connectivity index (χ0) is 24.0. The Morgan fingerprint density at radius 1 is 1.21 bits per heavy atom. The molecule has 0 spiro atoms. The predicted octanol–water partition coefficient (Wildman–Crippen LogP) is 4.85. The van der Waals surface area contributed by atoms with Crippen molar-refractivity contribution in [3.63, 3.8) is 0 Å². The smallest absolute Gasteiger partial charge is 0.246 e. The van der Waals surface area contributed by atoms with Crippen molar-refractivity contribution in [3.05, 3.63) is 59.4 Å². The zero-order valence-electron chi connectivity index (χ0n) is 18.4. The molecule has 0 bridgehead atoms. The van der Waals surface area contributed by atoms with Gasteiger partial charge in [0.15, 0.2) is 5.82 Å². The molecule has 3 aromatic rings. The van der Waals surface area contributed by atoms with Gasteiger partial charge in [-0.3, -0.25) is 4.79 Å². The Hall–Kier alpha value is -3.26. The Balaban J connectivity index is 1.89. The lowest BCUT2D eigenvalue weighted by Gasteiger charge is -2.44. The third-order valence-electron chi connectivity index (χ3n) is 5.93. The van der Waals surface area contributed by atoms with Gasteiger partial charge in [0.2, 0.25) is 5.91 Å². The fraction of sp³-hybridized carbons (Fsp3) is 0.292. The average molecular weight is 473 g/mol. The average Bonchev–Trinajstić information content (AvgIpc) is 2.76. The summed E-state index contributed by atoms with van der Waals surface area (Å²) in [6.45, 7) is 9.97. The third kappa shape index (κ3) is 3.88. The molecule has 2 heterocycles. The summed E-state index contributed by atoms with van der Waals surface area (Å²) in [6, 6.07) is 4.95. The molecule has 0 saturated carbocycles. The number of benzene rings is 2. The molecule has 1 saturated heterocycles. The van der Waals surface area contributed by atoms with Gasteiger partial charge in [-0.25, -0.2) is 18.7 Å². The number of aromatic hydroxyl groups is 1. The first kappa shape index (κ1) is 22.9. The Morgan fingerprint density at radius 2 is 1.94 bits per heavy atom. The second kappa shape index (κ2) is 8.59. The summed E-state index contributed by atoms with van der Waals surface area (Å²) in [5.41, 5.74) is -0.603. The predicted molar refractivity (Wildman–Crippen MR) is 124 cm³/mol. The van der Waals surface area contributed by atoms with E-state index < -0.39 is 17.4 Å². The number of rotatable bonds is 3. The molecule has 172 valence electrons. The molecule has 1 aromatic heterocycles. The van der Waals surface area contributed by atoms with E-state index in [1.165, 1.54) is 24.3 Å². The van der Waals surface area contributed by atoms with E-state index in [1.807, 2.05) is 18.7 Å². The second-order valence-corrected chi connectivity index (χ2v) is 8.62. The maximum atomic E-state index is 15.8. The van der Waals surface area contributed by atoms with Gasteiger partial charge in [0.25, 0.3) is 0 Å². The van der Waals surface area contributed by atoms with Crippen molar-refractivity contribution in [2.24, 2.45) is 0 Å². The van der Waals surface area contributed by atoms with Crippen molar-refractivity contribution >= 4 is 34.2 Å². The van der Waals surface area contributed by atoms with Crippen LogP contribution in [0.5, 0.6) is 5.75 Å². The third-order valence-corrected chi connectivity index (χ3v) is 6.23. The summed E-state index contributed by atoms with van der Waals surface area (Å²) < 4.78 is 30.3. The van der Waals surface area contributed by atoms with Gasteiger partial charge >= 0.3 is 0 Å². The maximum Gasteiger partial charge on any atom is 0.246 e. The van der Waals surface area contributed by atoms with Crippen LogP contribution in [0.15, 0.2) is 36.9 Å². The van der Waals surface area contributed by atoms with Crippen molar-refractivity contribution in [2.45, 2.75) is 32.9 Å². The first-order chi connectivity index (χ1) is 15.6. The van der Waals surface area contributed by atoms with E-state index in [1.54, 1.807) is 11.8 Å². The minimum Gasteiger partial charge on any atom is -0.507 e. The van der Waals surface area contributed by atoms with Crippen LogP contribution in [0.1, 0.15) is 19.7 Å². The number of nitrogens with zero attached hydrogens (tertiary/aromatic N) is 4. The molecule has 1 aliphatic heterocycles. The Labute approximate surface area is 195 Å². The van der Waals surface area contributed by atoms with Gasteiger partial charge in [-0.1, -0.05) is 24.2 Å². The first-order valence-electron chi connectivity index (χ1n) is 10.5. The number of hydrogen-bond acceptors (Lipinski definition) is 5. The molecule has 1 aliphatic rings. The number of carbonyl (C=O) groups excluding carboxylic acids is 1. The summed E-state index contributed by atoms with van der Waals surface area (Å²) in [7, 11) is 0. The molecule has 6 nitrogen and oxygen atoms in total. The van der Waals surface area contributed by atoms with Crippen LogP contribution in [0.25, 0.3) is 22.0 Å². The zero-order valence-corrected chi connectivity index (χ0v) is 19.2. The van der Waals surface area contributed by atoms with Crippen molar-refractivity contribution in [1.82, 2.24) is 14.9 Å². The van der Waals surface area contributed by atoms with Gasteiger partial charge in [-0.2, -0.15) is 0 Å². The number of halogens is 3. The highest BCUT2D eigenvalue weighted by atomic mass is 35.5.